The number of benzene rings is 3. The lowest BCUT2D eigenvalue weighted by Gasteiger charge is -2.09. The molecule has 0 saturated heterocycles. The molecule has 0 saturated carbocycles. The van der Waals surface area contributed by atoms with Crippen molar-refractivity contribution in [3.63, 3.8) is 0 Å². The fraction of sp³-hybridized carbons (Fsp3) is 0.194. The van der Waals surface area contributed by atoms with E-state index in [2.05, 4.69) is 0 Å². The van der Waals surface area contributed by atoms with E-state index >= 15 is 0 Å². The number of fused-ring (bicyclic) bond motifs is 2. The van der Waals surface area contributed by atoms with Crippen LogP contribution in [-0.2, 0) is 12.8 Å². The Bertz CT molecular complexity index is 1750. The van der Waals surface area contributed by atoms with Gasteiger partial charge < -0.3 is 13.9 Å². The molecule has 0 bridgehead atoms. The molecule has 1 aliphatic rings. The highest BCUT2D eigenvalue weighted by Crippen LogP contribution is 2.38. The zero-order valence-corrected chi connectivity index (χ0v) is 21.4. The van der Waals surface area contributed by atoms with Gasteiger partial charge in [-0.15, -0.1) is 0 Å². The van der Waals surface area contributed by atoms with Gasteiger partial charge in [0.15, 0.2) is 17.3 Å². The van der Waals surface area contributed by atoms with Crippen LogP contribution in [0.15, 0.2) is 82.1 Å². The summed E-state index contributed by atoms with van der Waals surface area (Å²) in [4.78, 5) is 26.6. The van der Waals surface area contributed by atoms with E-state index in [1.165, 1.54) is 0 Å². The highest BCUT2D eigenvalue weighted by atomic mass is 16.5. The van der Waals surface area contributed by atoms with Crippen LogP contribution in [-0.4, -0.2) is 29.8 Å². The lowest BCUT2D eigenvalue weighted by molar-refractivity contribution is 0.0936. The Morgan fingerprint density at radius 3 is 2.45 bits per heavy atom. The molecule has 190 valence electrons. The van der Waals surface area contributed by atoms with Gasteiger partial charge in [-0.1, -0.05) is 35.9 Å². The summed E-state index contributed by atoms with van der Waals surface area (Å²) in [5.74, 6) is 0.868. The monoisotopic (exact) mass is 506 g/mol. The first kappa shape index (κ1) is 23.7. The molecule has 0 spiro atoms. The lowest BCUT2D eigenvalue weighted by Crippen LogP contribution is -2.13. The molecule has 0 N–H and O–H groups in total. The maximum Gasteiger partial charge on any atom is 0.345 e. The van der Waals surface area contributed by atoms with Crippen molar-refractivity contribution in [1.29, 1.82) is 0 Å². The van der Waals surface area contributed by atoms with Gasteiger partial charge in [-0.25, -0.2) is 9.48 Å². The van der Waals surface area contributed by atoms with Crippen molar-refractivity contribution in [2.75, 3.05) is 14.2 Å². The van der Waals surface area contributed by atoms with Crippen LogP contribution in [0.5, 0.6) is 11.5 Å². The summed E-state index contributed by atoms with van der Waals surface area (Å²) in [6, 6.07) is 20.8. The highest BCUT2D eigenvalue weighted by molar-refractivity contribution is 6.03. The van der Waals surface area contributed by atoms with Gasteiger partial charge >= 0.3 is 5.63 Å². The van der Waals surface area contributed by atoms with Crippen LogP contribution in [0.2, 0.25) is 0 Å². The van der Waals surface area contributed by atoms with Crippen molar-refractivity contribution >= 4 is 16.8 Å². The van der Waals surface area contributed by atoms with E-state index in [1.807, 2.05) is 67.7 Å². The Labute approximate surface area is 219 Å². The Hall–Kier alpha value is -4.65. The molecule has 5 aromatic rings. The third kappa shape index (κ3) is 4.06. The number of carbonyl (C=O) groups excluding carboxylic acids is 1. The molecule has 3 aromatic carbocycles. The Kier molecular flexibility index (Phi) is 5.83. The van der Waals surface area contributed by atoms with Crippen molar-refractivity contribution in [3.05, 3.63) is 106 Å². The van der Waals surface area contributed by atoms with Crippen molar-refractivity contribution in [2.24, 2.45) is 5.92 Å². The Balaban J connectivity index is 1.44. The van der Waals surface area contributed by atoms with Crippen LogP contribution in [0.25, 0.3) is 27.9 Å². The molecule has 1 atom stereocenters. The molecular weight excluding hydrogens is 480 g/mol. The second-order valence-electron chi connectivity index (χ2n) is 9.60. The minimum Gasteiger partial charge on any atom is -0.493 e. The van der Waals surface area contributed by atoms with E-state index in [0.717, 1.165) is 27.8 Å². The Morgan fingerprint density at radius 1 is 0.947 bits per heavy atom. The SMILES string of the molecule is COc1cc2c(cc1OC)C(=O)C(Cc1cn(-c3ccc(C)cc3)nc1-c1cc3ccccc3oc1=O)C2. The van der Waals surface area contributed by atoms with Crippen LogP contribution in [0.4, 0.5) is 0 Å². The van der Waals surface area contributed by atoms with E-state index in [4.69, 9.17) is 19.0 Å². The van der Waals surface area contributed by atoms with Crippen LogP contribution in [0.3, 0.4) is 0 Å². The summed E-state index contributed by atoms with van der Waals surface area (Å²) in [5, 5.41) is 5.63. The van der Waals surface area contributed by atoms with Gasteiger partial charge in [-0.3, -0.25) is 4.79 Å². The topological polar surface area (TPSA) is 83.6 Å². The molecule has 2 aromatic heterocycles. The first-order valence-electron chi connectivity index (χ1n) is 12.4. The number of aromatic nitrogens is 2. The second-order valence-corrected chi connectivity index (χ2v) is 9.60. The summed E-state index contributed by atoms with van der Waals surface area (Å²) in [7, 11) is 3.14. The molecular formula is C31H26N2O5. The molecule has 1 aliphatic carbocycles. The first-order chi connectivity index (χ1) is 18.4. The largest absolute Gasteiger partial charge is 0.493 e. The molecule has 6 rings (SSSR count). The number of para-hydroxylation sites is 1. The van der Waals surface area contributed by atoms with Crippen molar-refractivity contribution < 1.29 is 18.7 Å². The summed E-state index contributed by atoms with van der Waals surface area (Å²) in [5.41, 5.74) is 5.32. The number of nitrogens with zero attached hydrogens (tertiary/aromatic N) is 2. The number of Topliss-reactive ketones (excluding diaryl/α,β-unsaturated/α-hetero) is 1. The molecule has 0 radical (unpaired) electrons. The van der Waals surface area contributed by atoms with Gasteiger partial charge in [0.2, 0.25) is 0 Å². The summed E-state index contributed by atoms with van der Waals surface area (Å²) < 4.78 is 18.2. The van der Waals surface area contributed by atoms with Gasteiger partial charge in [-0.2, -0.15) is 5.10 Å². The number of ether oxygens (including phenoxy) is 2. The third-order valence-electron chi connectivity index (χ3n) is 7.16. The van der Waals surface area contributed by atoms with Crippen molar-refractivity contribution in [2.45, 2.75) is 19.8 Å². The second kappa shape index (κ2) is 9.34. The quantitative estimate of drug-likeness (QED) is 0.280. The maximum atomic E-state index is 13.5. The van der Waals surface area contributed by atoms with Gasteiger partial charge in [-0.05, 0) is 67.3 Å². The molecule has 7 heteroatoms. The van der Waals surface area contributed by atoms with Gasteiger partial charge in [0, 0.05) is 23.1 Å². The van der Waals surface area contributed by atoms with Gasteiger partial charge in [0.1, 0.15) is 11.3 Å². The van der Waals surface area contributed by atoms with Crippen LogP contribution in [0.1, 0.15) is 27.0 Å². The number of methoxy groups -OCH3 is 2. The van der Waals surface area contributed by atoms with Crippen LogP contribution in [0, 0.1) is 12.8 Å². The minimum absolute atomic E-state index is 0.0422. The van der Waals surface area contributed by atoms with E-state index < -0.39 is 5.63 Å². The molecule has 1 unspecified atom stereocenters. The standard InChI is InChI=1S/C31H26N2O5/c1-18-8-10-23(11-9-18)33-17-22(29(32-33)25-14-19-6-4-5-7-26(19)38-31(25)35)13-21-12-20-15-27(36-2)28(37-3)16-24(20)30(21)34/h4-11,14-17,21H,12-13H2,1-3H3. The first-order valence-corrected chi connectivity index (χ1v) is 12.4. The predicted octanol–water partition coefficient (Wildman–Crippen LogP) is 5.57. The molecule has 7 nitrogen and oxygen atoms in total. The zero-order chi connectivity index (χ0) is 26.4. The fourth-order valence-electron chi connectivity index (χ4n) is 5.17. The zero-order valence-electron chi connectivity index (χ0n) is 21.4. The van der Waals surface area contributed by atoms with Crippen molar-refractivity contribution in [3.8, 4) is 28.4 Å². The van der Waals surface area contributed by atoms with Crippen molar-refractivity contribution in [1.82, 2.24) is 9.78 Å². The smallest absolute Gasteiger partial charge is 0.345 e. The number of hydrogen-bond donors (Lipinski definition) is 0. The molecule has 0 aliphatic heterocycles. The number of carbonyl (C=O) groups is 1. The number of aryl methyl sites for hydroxylation is 1. The normalized spacial score (nSPS) is 14.6. The number of ketones is 1. The summed E-state index contributed by atoms with van der Waals surface area (Å²) >= 11 is 0. The highest BCUT2D eigenvalue weighted by Gasteiger charge is 2.33. The van der Waals surface area contributed by atoms with E-state index in [9.17, 15) is 9.59 Å². The average molecular weight is 507 g/mol. The maximum absolute atomic E-state index is 13.5. The number of hydrogen-bond acceptors (Lipinski definition) is 6. The third-order valence-corrected chi connectivity index (χ3v) is 7.16. The molecule has 0 fully saturated rings. The van der Waals surface area contributed by atoms with Gasteiger partial charge in [0.25, 0.3) is 0 Å². The minimum atomic E-state index is -0.463. The van der Waals surface area contributed by atoms with Crippen LogP contribution >= 0.6 is 0 Å². The lowest BCUT2D eigenvalue weighted by atomic mass is 9.94. The molecule has 0 amide bonds. The predicted molar refractivity (Wildman–Crippen MR) is 145 cm³/mol. The molecule has 2 heterocycles. The Morgan fingerprint density at radius 2 is 1.68 bits per heavy atom. The summed E-state index contributed by atoms with van der Waals surface area (Å²) in [6.45, 7) is 2.03. The number of rotatable bonds is 6. The van der Waals surface area contributed by atoms with E-state index in [0.29, 0.717) is 46.7 Å². The molecule has 38 heavy (non-hydrogen) atoms. The van der Waals surface area contributed by atoms with Crippen LogP contribution < -0.4 is 15.1 Å². The fourth-order valence-corrected chi connectivity index (χ4v) is 5.17. The average Bonchev–Trinajstić information content (AvgIpc) is 3.48. The van der Waals surface area contributed by atoms with E-state index in [-0.39, 0.29) is 11.7 Å². The van der Waals surface area contributed by atoms with Gasteiger partial charge in [0.05, 0.1) is 25.5 Å². The van der Waals surface area contributed by atoms with E-state index in [1.54, 1.807) is 31.0 Å². The summed E-state index contributed by atoms with van der Waals surface area (Å²) in [6.07, 6.45) is 2.90.